The molecule has 7 nitrogen and oxygen atoms in total. The van der Waals surface area contributed by atoms with Crippen molar-refractivity contribution in [1.29, 1.82) is 0 Å². The monoisotopic (exact) mass is 488 g/mol. The highest BCUT2D eigenvalue weighted by atomic mass is 35.5. The van der Waals surface area contributed by atoms with E-state index in [1.807, 2.05) is 33.8 Å². The lowest BCUT2D eigenvalue weighted by Gasteiger charge is -2.19. The number of halogens is 1. The van der Waals surface area contributed by atoms with Crippen molar-refractivity contribution in [3.05, 3.63) is 57.2 Å². The Labute approximate surface area is 203 Å². The third kappa shape index (κ3) is 6.52. The van der Waals surface area contributed by atoms with E-state index in [1.165, 1.54) is 6.07 Å². The van der Waals surface area contributed by atoms with Gasteiger partial charge in [-0.05, 0) is 57.5 Å². The molecule has 0 amide bonds. The van der Waals surface area contributed by atoms with E-state index >= 15 is 0 Å². The van der Waals surface area contributed by atoms with Crippen molar-refractivity contribution in [3.8, 4) is 22.8 Å². The average molecular weight is 489 g/mol. The minimum atomic E-state index is -0.539. The van der Waals surface area contributed by atoms with Crippen LogP contribution in [-0.2, 0) is 14.3 Å². The Morgan fingerprint density at radius 3 is 2.56 bits per heavy atom. The van der Waals surface area contributed by atoms with E-state index in [-0.39, 0.29) is 12.0 Å². The molecule has 8 heteroatoms. The molecule has 0 radical (unpaired) electrons. The van der Waals surface area contributed by atoms with Crippen molar-refractivity contribution in [1.82, 2.24) is 0 Å². The van der Waals surface area contributed by atoms with Crippen molar-refractivity contribution in [2.45, 2.75) is 39.7 Å². The number of carbonyl (C=O) groups is 1. The van der Waals surface area contributed by atoms with E-state index in [1.54, 1.807) is 31.4 Å². The van der Waals surface area contributed by atoms with Crippen LogP contribution >= 0.6 is 11.6 Å². The summed E-state index contributed by atoms with van der Waals surface area (Å²) in [6.45, 7) is 7.93. The van der Waals surface area contributed by atoms with Gasteiger partial charge in [-0.3, -0.25) is 4.79 Å². The van der Waals surface area contributed by atoms with Gasteiger partial charge in [0.1, 0.15) is 29.5 Å². The van der Waals surface area contributed by atoms with Crippen LogP contribution < -0.4 is 14.9 Å². The molecule has 1 aromatic heterocycles. The van der Waals surface area contributed by atoms with E-state index < -0.39 is 11.6 Å². The predicted octanol–water partition coefficient (Wildman–Crippen LogP) is 5.56. The number of ether oxygens (including phenoxy) is 4. The molecule has 0 saturated carbocycles. The molecule has 3 aromatic rings. The molecule has 0 saturated heterocycles. The van der Waals surface area contributed by atoms with Gasteiger partial charge in [0, 0.05) is 12.5 Å². The van der Waals surface area contributed by atoms with Crippen LogP contribution in [0.5, 0.6) is 11.5 Å². The number of carbonyl (C=O) groups excluding carboxylic acids is 1. The first-order valence-corrected chi connectivity index (χ1v) is 11.3. The summed E-state index contributed by atoms with van der Waals surface area (Å²) >= 11 is 6.25. The van der Waals surface area contributed by atoms with Gasteiger partial charge in [-0.1, -0.05) is 17.7 Å². The maximum atomic E-state index is 12.6. The minimum absolute atomic E-state index is 0.105. The molecule has 0 aliphatic rings. The summed E-state index contributed by atoms with van der Waals surface area (Å²) in [5.41, 5.74) is 1.01. The second-order valence-electron chi connectivity index (χ2n) is 8.75. The van der Waals surface area contributed by atoms with Crippen molar-refractivity contribution < 1.29 is 28.2 Å². The molecule has 3 rings (SSSR count). The van der Waals surface area contributed by atoms with Crippen molar-refractivity contribution in [3.63, 3.8) is 0 Å². The summed E-state index contributed by atoms with van der Waals surface area (Å²) in [6.07, 6.45) is 0.574. The number of aryl methyl sites for hydroxylation is 1. The third-order valence-electron chi connectivity index (χ3n) is 4.80. The Balaban J connectivity index is 1.71. The highest BCUT2D eigenvalue weighted by Crippen LogP contribution is 2.37. The molecule has 1 heterocycles. The van der Waals surface area contributed by atoms with Gasteiger partial charge < -0.3 is 23.4 Å². The Hall–Kier alpha value is -3.03. The number of hydrogen-bond donors (Lipinski definition) is 0. The summed E-state index contributed by atoms with van der Waals surface area (Å²) in [5, 5.41) is 0.760. The molecule has 0 spiro atoms. The number of rotatable bonds is 9. The topological polar surface area (TPSA) is 84.2 Å². The summed E-state index contributed by atoms with van der Waals surface area (Å²) in [7, 11) is 1.55. The zero-order chi connectivity index (χ0) is 24.9. The lowest BCUT2D eigenvalue weighted by atomic mass is 10.1. The first-order valence-electron chi connectivity index (χ1n) is 10.9. The fraction of sp³-hybridized carbons (Fsp3) is 0.385. The largest absolute Gasteiger partial charge is 0.496 e. The zero-order valence-electron chi connectivity index (χ0n) is 20.0. The Bertz CT molecular complexity index is 1220. The zero-order valence-corrected chi connectivity index (χ0v) is 20.8. The third-order valence-corrected chi connectivity index (χ3v) is 5.10. The minimum Gasteiger partial charge on any atom is -0.496 e. The number of benzene rings is 2. The SMILES string of the molecule is COc1cc(C)c(OCCCOCC(=O)OC(C)(C)C)cc1-c1cc(=O)c2cccc(Cl)c2o1. The maximum Gasteiger partial charge on any atom is 0.332 e. The van der Waals surface area contributed by atoms with Gasteiger partial charge in [-0.15, -0.1) is 0 Å². The second kappa shape index (κ2) is 10.9. The van der Waals surface area contributed by atoms with Crippen LogP contribution in [0.1, 0.15) is 32.8 Å². The summed E-state index contributed by atoms with van der Waals surface area (Å²) in [4.78, 5) is 24.3. The molecule has 0 bridgehead atoms. The van der Waals surface area contributed by atoms with Crippen molar-refractivity contribution >= 4 is 28.5 Å². The molecular weight excluding hydrogens is 460 g/mol. The summed E-state index contributed by atoms with van der Waals surface area (Å²) in [6, 6.07) is 10.1. The van der Waals surface area contributed by atoms with E-state index in [2.05, 4.69) is 0 Å². The number of para-hydroxylation sites is 1. The van der Waals surface area contributed by atoms with Gasteiger partial charge in [0.25, 0.3) is 0 Å². The quantitative estimate of drug-likeness (QED) is 0.288. The summed E-state index contributed by atoms with van der Waals surface area (Å²) in [5.74, 6) is 1.08. The molecule has 0 unspecified atom stereocenters. The van der Waals surface area contributed by atoms with Gasteiger partial charge in [0.15, 0.2) is 11.0 Å². The fourth-order valence-corrected chi connectivity index (χ4v) is 3.54. The molecule has 0 aliphatic carbocycles. The molecule has 0 aliphatic heterocycles. The molecule has 0 fully saturated rings. The lowest BCUT2D eigenvalue weighted by molar-refractivity contribution is -0.160. The number of fused-ring (bicyclic) bond motifs is 1. The first-order chi connectivity index (χ1) is 16.1. The van der Waals surface area contributed by atoms with Gasteiger partial charge >= 0.3 is 5.97 Å². The van der Waals surface area contributed by atoms with Gasteiger partial charge in [0.2, 0.25) is 0 Å². The standard InChI is InChI=1S/C26H29ClO7/c1-16-12-22(30-5)18(23-14-20(28)17-8-6-9-19(27)25(17)33-23)13-21(16)32-11-7-10-31-15-24(29)34-26(2,3)4/h6,8-9,12-14H,7,10-11,15H2,1-5H3. The Kier molecular flexibility index (Phi) is 8.23. The molecule has 34 heavy (non-hydrogen) atoms. The van der Waals surface area contributed by atoms with Gasteiger partial charge in [-0.2, -0.15) is 0 Å². The second-order valence-corrected chi connectivity index (χ2v) is 9.16. The maximum absolute atomic E-state index is 12.6. The van der Waals surface area contributed by atoms with Crippen molar-refractivity contribution in [2.75, 3.05) is 26.9 Å². The molecule has 0 atom stereocenters. The summed E-state index contributed by atoms with van der Waals surface area (Å²) < 4.78 is 28.0. The van der Waals surface area contributed by atoms with Crippen LogP contribution in [0, 0.1) is 6.92 Å². The predicted molar refractivity (Wildman–Crippen MR) is 131 cm³/mol. The fourth-order valence-electron chi connectivity index (χ4n) is 3.32. The van der Waals surface area contributed by atoms with E-state index in [0.29, 0.717) is 58.4 Å². The van der Waals surface area contributed by atoms with E-state index in [9.17, 15) is 9.59 Å². The van der Waals surface area contributed by atoms with E-state index in [0.717, 1.165) is 5.56 Å². The lowest BCUT2D eigenvalue weighted by Crippen LogP contribution is -2.26. The number of esters is 1. The molecular formula is C26H29ClO7. The highest BCUT2D eigenvalue weighted by Gasteiger charge is 2.17. The smallest absolute Gasteiger partial charge is 0.332 e. The number of hydrogen-bond acceptors (Lipinski definition) is 7. The van der Waals surface area contributed by atoms with Crippen LogP contribution in [0.15, 0.2) is 45.6 Å². The normalized spacial score (nSPS) is 11.5. The number of methoxy groups -OCH3 is 1. The van der Waals surface area contributed by atoms with Crippen molar-refractivity contribution in [2.24, 2.45) is 0 Å². The van der Waals surface area contributed by atoms with Crippen LogP contribution in [0.25, 0.3) is 22.3 Å². The van der Waals surface area contributed by atoms with E-state index in [4.69, 9.17) is 35.0 Å². The molecule has 0 N–H and O–H groups in total. The Morgan fingerprint density at radius 1 is 1.09 bits per heavy atom. The Morgan fingerprint density at radius 2 is 1.85 bits per heavy atom. The van der Waals surface area contributed by atoms with Crippen LogP contribution in [0.4, 0.5) is 0 Å². The highest BCUT2D eigenvalue weighted by molar-refractivity contribution is 6.34. The molecule has 182 valence electrons. The average Bonchev–Trinajstić information content (AvgIpc) is 2.76. The van der Waals surface area contributed by atoms with Crippen LogP contribution in [0.2, 0.25) is 5.02 Å². The van der Waals surface area contributed by atoms with Crippen LogP contribution in [0.3, 0.4) is 0 Å². The first kappa shape index (κ1) is 25.6. The molecule has 2 aromatic carbocycles. The van der Waals surface area contributed by atoms with Gasteiger partial charge in [-0.25, -0.2) is 4.79 Å². The van der Waals surface area contributed by atoms with Gasteiger partial charge in [0.05, 0.1) is 36.3 Å². The van der Waals surface area contributed by atoms with Crippen LogP contribution in [-0.4, -0.2) is 38.5 Å².